The molecule has 0 radical (unpaired) electrons. The lowest BCUT2D eigenvalue weighted by Crippen LogP contribution is -2.32. The van der Waals surface area contributed by atoms with E-state index in [1.165, 1.54) is 0 Å². The van der Waals surface area contributed by atoms with E-state index in [0.717, 1.165) is 24.1 Å². The van der Waals surface area contributed by atoms with Gasteiger partial charge in [-0.3, -0.25) is 0 Å². The molecule has 0 bridgehead atoms. The van der Waals surface area contributed by atoms with Gasteiger partial charge in [0.2, 0.25) is 0 Å². The van der Waals surface area contributed by atoms with Crippen molar-refractivity contribution in [3.8, 4) is 6.07 Å². The van der Waals surface area contributed by atoms with E-state index in [1.807, 2.05) is 20.8 Å². The molecule has 0 aliphatic carbocycles. The van der Waals surface area contributed by atoms with Crippen LogP contribution in [0.2, 0.25) is 0 Å². The lowest BCUT2D eigenvalue weighted by atomic mass is 10.0. The fourth-order valence-corrected chi connectivity index (χ4v) is 2.22. The number of nitriles is 1. The SMILES string of the molecule is CCOCC(Nc1nnc(CC)c(CC)c1C#N)C(C)C. The number of aromatic nitrogens is 2. The van der Waals surface area contributed by atoms with Gasteiger partial charge in [0, 0.05) is 6.61 Å². The highest BCUT2D eigenvalue weighted by Gasteiger charge is 2.19. The van der Waals surface area contributed by atoms with Gasteiger partial charge in [0.25, 0.3) is 0 Å². The molecule has 0 fully saturated rings. The Labute approximate surface area is 127 Å². The molecular weight excluding hydrogens is 264 g/mol. The Balaban J connectivity index is 3.09. The Hall–Kier alpha value is -1.67. The summed E-state index contributed by atoms with van der Waals surface area (Å²) in [6, 6.07) is 2.40. The highest BCUT2D eigenvalue weighted by atomic mass is 16.5. The van der Waals surface area contributed by atoms with Crippen molar-refractivity contribution in [2.75, 3.05) is 18.5 Å². The molecule has 1 N–H and O–H groups in total. The Bertz CT molecular complexity index is 494. The van der Waals surface area contributed by atoms with Crippen LogP contribution in [0.4, 0.5) is 5.82 Å². The molecule has 0 spiro atoms. The van der Waals surface area contributed by atoms with Crippen molar-refractivity contribution < 1.29 is 4.74 Å². The molecule has 1 rings (SSSR count). The van der Waals surface area contributed by atoms with Crippen molar-refractivity contribution >= 4 is 5.82 Å². The molecule has 116 valence electrons. The van der Waals surface area contributed by atoms with Gasteiger partial charge in [0.05, 0.1) is 18.3 Å². The largest absolute Gasteiger partial charge is 0.380 e. The van der Waals surface area contributed by atoms with Crippen LogP contribution in [0.25, 0.3) is 0 Å². The van der Waals surface area contributed by atoms with Crippen molar-refractivity contribution in [2.24, 2.45) is 5.92 Å². The van der Waals surface area contributed by atoms with Crippen LogP contribution in [-0.4, -0.2) is 29.5 Å². The average Bonchev–Trinajstić information content (AvgIpc) is 2.49. The molecule has 0 aliphatic rings. The number of aryl methyl sites for hydroxylation is 1. The Morgan fingerprint density at radius 1 is 1.19 bits per heavy atom. The molecular formula is C16H26N4O. The average molecular weight is 290 g/mol. The van der Waals surface area contributed by atoms with E-state index < -0.39 is 0 Å². The first-order valence-electron chi connectivity index (χ1n) is 7.71. The number of rotatable bonds is 8. The van der Waals surface area contributed by atoms with Crippen LogP contribution in [0.15, 0.2) is 0 Å². The van der Waals surface area contributed by atoms with E-state index in [4.69, 9.17) is 4.74 Å². The van der Waals surface area contributed by atoms with E-state index in [1.54, 1.807) is 0 Å². The monoisotopic (exact) mass is 290 g/mol. The van der Waals surface area contributed by atoms with Gasteiger partial charge in [-0.1, -0.05) is 27.7 Å². The van der Waals surface area contributed by atoms with Crippen LogP contribution in [0.5, 0.6) is 0 Å². The summed E-state index contributed by atoms with van der Waals surface area (Å²) in [5.41, 5.74) is 2.52. The van der Waals surface area contributed by atoms with E-state index in [0.29, 0.717) is 30.5 Å². The molecule has 0 amide bonds. The quantitative estimate of drug-likeness (QED) is 0.797. The predicted octanol–water partition coefficient (Wildman–Crippen LogP) is 2.95. The fraction of sp³-hybridized carbons (Fsp3) is 0.688. The van der Waals surface area contributed by atoms with Crippen LogP contribution < -0.4 is 5.32 Å². The first-order valence-corrected chi connectivity index (χ1v) is 7.71. The van der Waals surface area contributed by atoms with Crippen molar-refractivity contribution in [1.82, 2.24) is 10.2 Å². The summed E-state index contributed by atoms with van der Waals surface area (Å²) < 4.78 is 5.51. The van der Waals surface area contributed by atoms with Crippen LogP contribution in [0.1, 0.15) is 51.4 Å². The van der Waals surface area contributed by atoms with Gasteiger partial charge in [-0.25, -0.2) is 0 Å². The van der Waals surface area contributed by atoms with Crippen LogP contribution >= 0.6 is 0 Å². The van der Waals surface area contributed by atoms with E-state index >= 15 is 0 Å². The zero-order valence-corrected chi connectivity index (χ0v) is 13.7. The van der Waals surface area contributed by atoms with Crippen molar-refractivity contribution in [2.45, 2.75) is 53.5 Å². The Kier molecular flexibility index (Phi) is 7.10. The molecule has 1 unspecified atom stereocenters. The molecule has 5 nitrogen and oxygen atoms in total. The Morgan fingerprint density at radius 3 is 2.38 bits per heavy atom. The first-order chi connectivity index (χ1) is 10.1. The van der Waals surface area contributed by atoms with Gasteiger partial charge in [-0.05, 0) is 31.2 Å². The summed E-state index contributed by atoms with van der Waals surface area (Å²) in [5, 5.41) is 21.3. The minimum absolute atomic E-state index is 0.114. The van der Waals surface area contributed by atoms with Gasteiger partial charge >= 0.3 is 0 Å². The summed E-state index contributed by atoms with van der Waals surface area (Å²) in [5.74, 6) is 0.950. The molecule has 21 heavy (non-hydrogen) atoms. The summed E-state index contributed by atoms with van der Waals surface area (Å²) in [6.45, 7) is 11.6. The maximum absolute atomic E-state index is 9.49. The second kappa shape index (κ2) is 8.58. The van der Waals surface area contributed by atoms with Crippen molar-refractivity contribution in [3.05, 3.63) is 16.8 Å². The maximum Gasteiger partial charge on any atom is 0.167 e. The normalized spacial score (nSPS) is 12.2. The predicted molar refractivity (Wildman–Crippen MR) is 84.2 cm³/mol. The molecule has 0 saturated carbocycles. The maximum atomic E-state index is 9.49. The second-order valence-electron chi connectivity index (χ2n) is 5.32. The summed E-state index contributed by atoms with van der Waals surface area (Å²) in [6.07, 6.45) is 1.58. The van der Waals surface area contributed by atoms with Crippen LogP contribution in [0.3, 0.4) is 0 Å². The molecule has 0 aromatic carbocycles. The van der Waals surface area contributed by atoms with Crippen LogP contribution in [-0.2, 0) is 17.6 Å². The molecule has 0 saturated heterocycles. The van der Waals surface area contributed by atoms with E-state index in [2.05, 4.69) is 35.4 Å². The van der Waals surface area contributed by atoms with E-state index in [9.17, 15) is 5.26 Å². The lowest BCUT2D eigenvalue weighted by Gasteiger charge is -2.23. The number of ether oxygens (including phenoxy) is 1. The minimum atomic E-state index is 0.114. The third-order valence-electron chi connectivity index (χ3n) is 3.59. The number of hydrogen-bond donors (Lipinski definition) is 1. The Morgan fingerprint density at radius 2 is 1.90 bits per heavy atom. The lowest BCUT2D eigenvalue weighted by molar-refractivity contribution is 0.126. The molecule has 5 heteroatoms. The van der Waals surface area contributed by atoms with Gasteiger partial charge < -0.3 is 10.1 Å². The highest BCUT2D eigenvalue weighted by molar-refractivity contribution is 5.57. The molecule has 1 heterocycles. The number of nitrogens with one attached hydrogen (secondary N) is 1. The molecule has 1 aromatic rings. The van der Waals surface area contributed by atoms with Gasteiger partial charge in [0.1, 0.15) is 11.6 Å². The number of anilines is 1. The minimum Gasteiger partial charge on any atom is -0.380 e. The zero-order valence-electron chi connectivity index (χ0n) is 13.7. The smallest absolute Gasteiger partial charge is 0.167 e. The van der Waals surface area contributed by atoms with Gasteiger partial charge in [-0.2, -0.15) is 10.4 Å². The number of hydrogen-bond acceptors (Lipinski definition) is 5. The number of nitrogens with zero attached hydrogens (tertiary/aromatic N) is 3. The zero-order chi connectivity index (χ0) is 15.8. The first kappa shape index (κ1) is 17.4. The molecule has 0 aliphatic heterocycles. The third kappa shape index (κ3) is 4.40. The van der Waals surface area contributed by atoms with Crippen molar-refractivity contribution in [3.63, 3.8) is 0 Å². The van der Waals surface area contributed by atoms with Gasteiger partial charge in [-0.15, -0.1) is 5.10 Å². The fourth-order valence-electron chi connectivity index (χ4n) is 2.22. The summed E-state index contributed by atoms with van der Waals surface area (Å²) in [7, 11) is 0. The standard InChI is InChI=1S/C16H26N4O/c1-6-12-13(9-17)16(20-19-14(12)7-2)18-15(11(4)5)10-21-8-3/h11,15H,6-8,10H2,1-5H3,(H,18,20). The van der Waals surface area contributed by atoms with Crippen LogP contribution in [0, 0.1) is 17.2 Å². The second-order valence-corrected chi connectivity index (χ2v) is 5.32. The van der Waals surface area contributed by atoms with Gasteiger partial charge in [0.15, 0.2) is 5.82 Å². The van der Waals surface area contributed by atoms with E-state index in [-0.39, 0.29) is 6.04 Å². The third-order valence-corrected chi connectivity index (χ3v) is 3.59. The summed E-state index contributed by atoms with van der Waals surface area (Å²) >= 11 is 0. The highest BCUT2D eigenvalue weighted by Crippen LogP contribution is 2.21. The topological polar surface area (TPSA) is 70.8 Å². The van der Waals surface area contributed by atoms with Crippen molar-refractivity contribution in [1.29, 1.82) is 5.26 Å². The summed E-state index contributed by atoms with van der Waals surface area (Å²) in [4.78, 5) is 0. The molecule has 1 atom stereocenters. The molecule has 1 aromatic heterocycles.